The molecule has 1 unspecified atom stereocenters. The molecule has 0 radical (unpaired) electrons. The van der Waals surface area contributed by atoms with E-state index >= 15 is 0 Å². The van der Waals surface area contributed by atoms with E-state index in [9.17, 15) is 4.79 Å². The first-order valence-electron chi connectivity index (χ1n) is 4.26. The number of aliphatic imine (C=N–C) groups is 1. The highest BCUT2D eigenvalue weighted by Gasteiger charge is 2.09. The Bertz CT molecular complexity index is 207. The van der Waals surface area contributed by atoms with Crippen LogP contribution in [0.2, 0.25) is 0 Å². The maximum Gasteiger partial charge on any atom is 0.320 e. The van der Waals surface area contributed by atoms with Crippen molar-refractivity contribution in [2.75, 3.05) is 6.54 Å². The van der Waals surface area contributed by atoms with Crippen LogP contribution in [0.3, 0.4) is 0 Å². The van der Waals surface area contributed by atoms with Gasteiger partial charge in [-0.1, -0.05) is 0 Å². The number of aliphatic carboxylic acids is 1. The van der Waals surface area contributed by atoms with Crippen LogP contribution in [-0.4, -0.2) is 34.8 Å². The number of nitrogens with one attached hydrogen (secondary N) is 1. The minimum Gasteiger partial charge on any atom is -0.480 e. The number of guanidine groups is 1. The molecular weight excluding hydrogens is 188 g/mol. The van der Waals surface area contributed by atoms with Crippen LogP contribution in [0.25, 0.3) is 0 Å². The average molecular weight is 204 g/mol. The van der Waals surface area contributed by atoms with Crippen LogP contribution in [0, 0.1) is 0 Å². The van der Waals surface area contributed by atoms with E-state index in [0.29, 0.717) is 25.8 Å². The third kappa shape index (κ3) is 6.21. The first kappa shape index (κ1) is 12.7. The number of rotatable bonds is 6. The zero-order valence-electron chi connectivity index (χ0n) is 7.81. The van der Waals surface area contributed by atoms with Crippen LogP contribution in [0.15, 0.2) is 4.99 Å². The minimum atomic E-state index is -0.995. The van der Waals surface area contributed by atoms with E-state index in [-0.39, 0.29) is 5.96 Å². The Morgan fingerprint density at radius 1 is 1.50 bits per heavy atom. The molecule has 0 heterocycles. The number of carbonyl (C=O) groups is 1. The van der Waals surface area contributed by atoms with Gasteiger partial charge in [0, 0.05) is 6.54 Å². The largest absolute Gasteiger partial charge is 0.480 e. The SMILES string of the molecule is NC(=NCCCCC(N)C(=O)O)NO. The number of hydrogen-bond acceptors (Lipinski definition) is 4. The van der Waals surface area contributed by atoms with Gasteiger partial charge >= 0.3 is 5.97 Å². The number of carboxylic acids is 1. The van der Waals surface area contributed by atoms with Gasteiger partial charge in [0.25, 0.3) is 0 Å². The van der Waals surface area contributed by atoms with Crippen molar-refractivity contribution >= 4 is 11.9 Å². The number of carboxylic acid groups (broad SMARTS) is 1. The molecule has 0 aliphatic heterocycles. The number of nitrogens with two attached hydrogens (primary N) is 2. The van der Waals surface area contributed by atoms with Crippen LogP contribution < -0.4 is 16.9 Å². The van der Waals surface area contributed by atoms with Gasteiger partial charge in [-0.05, 0) is 19.3 Å². The number of hydroxylamine groups is 1. The lowest BCUT2D eigenvalue weighted by molar-refractivity contribution is -0.138. The molecule has 0 bridgehead atoms. The molecule has 0 spiro atoms. The van der Waals surface area contributed by atoms with Crippen molar-refractivity contribution in [2.24, 2.45) is 16.5 Å². The minimum absolute atomic E-state index is 0.0486. The van der Waals surface area contributed by atoms with Crippen molar-refractivity contribution in [2.45, 2.75) is 25.3 Å². The zero-order chi connectivity index (χ0) is 11.0. The zero-order valence-corrected chi connectivity index (χ0v) is 7.81. The Kier molecular flexibility index (Phi) is 6.42. The van der Waals surface area contributed by atoms with Crippen molar-refractivity contribution in [1.29, 1.82) is 0 Å². The van der Waals surface area contributed by atoms with Crippen LogP contribution >= 0.6 is 0 Å². The first-order chi connectivity index (χ1) is 6.57. The highest BCUT2D eigenvalue weighted by Crippen LogP contribution is 1.99. The lowest BCUT2D eigenvalue weighted by Gasteiger charge is -2.04. The van der Waals surface area contributed by atoms with Crippen molar-refractivity contribution in [3.63, 3.8) is 0 Å². The molecule has 7 heteroatoms. The fourth-order valence-corrected chi connectivity index (χ4v) is 0.834. The molecule has 0 aromatic rings. The molecular formula is C7H16N4O3. The quantitative estimate of drug-likeness (QED) is 0.161. The predicted octanol–water partition coefficient (Wildman–Crippen LogP) is -1.14. The van der Waals surface area contributed by atoms with Crippen LogP contribution in [0.1, 0.15) is 19.3 Å². The summed E-state index contributed by atoms with van der Waals surface area (Å²) in [7, 11) is 0. The molecule has 14 heavy (non-hydrogen) atoms. The van der Waals surface area contributed by atoms with Gasteiger partial charge < -0.3 is 16.6 Å². The fourth-order valence-electron chi connectivity index (χ4n) is 0.834. The number of unbranched alkanes of at least 4 members (excludes halogenated alkanes) is 1. The Balaban J connectivity index is 3.43. The van der Waals surface area contributed by atoms with Crippen molar-refractivity contribution < 1.29 is 15.1 Å². The lowest BCUT2D eigenvalue weighted by Crippen LogP contribution is -2.30. The summed E-state index contributed by atoms with van der Waals surface area (Å²) in [6.07, 6.45) is 1.76. The molecule has 0 rings (SSSR count). The van der Waals surface area contributed by atoms with Gasteiger partial charge in [0.15, 0.2) is 0 Å². The highest BCUT2D eigenvalue weighted by atomic mass is 16.5. The second-order valence-electron chi connectivity index (χ2n) is 2.82. The van der Waals surface area contributed by atoms with Crippen LogP contribution in [-0.2, 0) is 4.79 Å². The normalized spacial score (nSPS) is 13.7. The van der Waals surface area contributed by atoms with E-state index in [0.717, 1.165) is 0 Å². The highest BCUT2D eigenvalue weighted by molar-refractivity contribution is 5.76. The van der Waals surface area contributed by atoms with Gasteiger partial charge in [-0.2, -0.15) is 0 Å². The van der Waals surface area contributed by atoms with Gasteiger partial charge in [0.2, 0.25) is 5.96 Å². The number of hydrogen-bond donors (Lipinski definition) is 5. The van der Waals surface area contributed by atoms with E-state index in [4.69, 9.17) is 21.8 Å². The summed E-state index contributed by atoms with van der Waals surface area (Å²) in [4.78, 5) is 14.0. The molecule has 0 saturated carbocycles. The van der Waals surface area contributed by atoms with Gasteiger partial charge in [0.1, 0.15) is 6.04 Å². The van der Waals surface area contributed by atoms with E-state index in [1.165, 1.54) is 0 Å². The van der Waals surface area contributed by atoms with Crippen LogP contribution in [0.5, 0.6) is 0 Å². The topological polar surface area (TPSA) is 134 Å². The molecule has 0 fully saturated rings. The van der Waals surface area contributed by atoms with Crippen molar-refractivity contribution in [3.05, 3.63) is 0 Å². The summed E-state index contributed by atoms with van der Waals surface area (Å²) in [6.45, 7) is 0.436. The maximum atomic E-state index is 10.3. The Morgan fingerprint density at radius 3 is 2.64 bits per heavy atom. The van der Waals surface area contributed by atoms with Crippen molar-refractivity contribution in [3.8, 4) is 0 Å². The second-order valence-corrected chi connectivity index (χ2v) is 2.82. The summed E-state index contributed by atoms with van der Waals surface area (Å²) in [5.41, 5.74) is 12.1. The van der Waals surface area contributed by atoms with Gasteiger partial charge in [-0.15, -0.1) is 0 Å². The summed E-state index contributed by atoms with van der Waals surface area (Å²) in [5.74, 6) is -1.04. The summed E-state index contributed by atoms with van der Waals surface area (Å²) in [5, 5.41) is 16.7. The number of nitrogens with zero attached hydrogens (tertiary/aromatic N) is 1. The Labute approximate surface area is 81.8 Å². The third-order valence-corrected chi connectivity index (χ3v) is 1.64. The first-order valence-corrected chi connectivity index (χ1v) is 4.26. The summed E-state index contributed by atoms with van der Waals surface area (Å²) < 4.78 is 0. The monoisotopic (exact) mass is 204 g/mol. The third-order valence-electron chi connectivity index (χ3n) is 1.64. The Hall–Kier alpha value is -1.34. The molecule has 0 saturated heterocycles. The molecule has 7 nitrogen and oxygen atoms in total. The fraction of sp³-hybridized carbons (Fsp3) is 0.714. The van der Waals surface area contributed by atoms with Crippen molar-refractivity contribution in [1.82, 2.24) is 5.48 Å². The summed E-state index contributed by atoms with van der Waals surface area (Å²) >= 11 is 0. The van der Waals surface area contributed by atoms with E-state index < -0.39 is 12.0 Å². The van der Waals surface area contributed by atoms with E-state index in [2.05, 4.69) is 4.99 Å². The standard InChI is InChI=1S/C7H16N4O3/c8-5(6(12)13)3-1-2-4-10-7(9)11-14/h5,14H,1-4,8H2,(H,12,13)(H3,9,10,11). The molecule has 0 aromatic carbocycles. The predicted molar refractivity (Wildman–Crippen MR) is 50.9 cm³/mol. The smallest absolute Gasteiger partial charge is 0.320 e. The average Bonchev–Trinajstić information content (AvgIpc) is 2.16. The molecule has 0 aliphatic rings. The van der Waals surface area contributed by atoms with Gasteiger partial charge in [0.05, 0.1) is 0 Å². The Morgan fingerprint density at radius 2 is 2.14 bits per heavy atom. The molecule has 7 N–H and O–H groups in total. The molecule has 0 aliphatic carbocycles. The molecule has 82 valence electrons. The molecule has 0 amide bonds. The molecule has 1 atom stereocenters. The maximum absolute atomic E-state index is 10.3. The van der Waals surface area contributed by atoms with Gasteiger partial charge in [-0.25, -0.2) is 5.48 Å². The van der Waals surface area contributed by atoms with Crippen LogP contribution in [0.4, 0.5) is 0 Å². The van der Waals surface area contributed by atoms with E-state index in [1.54, 1.807) is 5.48 Å². The summed E-state index contributed by atoms with van der Waals surface area (Å²) in [6, 6.07) is -0.813. The molecule has 0 aromatic heterocycles. The van der Waals surface area contributed by atoms with E-state index in [1.807, 2.05) is 0 Å². The van der Waals surface area contributed by atoms with Gasteiger partial charge in [-0.3, -0.25) is 15.0 Å². The second kappa shape index (κ2) is 7.10. The lowest BCUT2D eigenvalue weighted by atomic mass is 10.1.